The minimum Gasteiger partial charge on any atom is -0.368 e. The van der Waals surface area contributed by atoms with E-state index in [-0.39, 0.29) is 24.4 Å². The first-order chi connectivity index (χ1) is 9.22. The van der Waals surface area contributed by atoms with Gasteiger partial charge in [0, 0.05) is 17.8 Å². The minimum atomic E-state index is 0.142. The van der Waals surface area contributed by atoms with Gasteiger partial charge in [-0.3, -0.25) is 0 Å². The second-order valence-electron chi connectivity index (χ2n) is 4.69. The second kappa shape index (κ2) is 7.61. The number of hydrogen-bond acceptors (Lipinski definition) is 2. The zero-order valence-corrected chi connectivity index (χ0v) is 14.1. The zero-order chi connectivity index (χ0) is 13.7. The molecule has 0 spiro atoms. The van der Waals surface area contributed by atoms with Gasteiger partial charge in [0.1, 0.15) is 0 Å². The number of allylic oxidation sites excluding steroid dienone is 3. The Kier molecular flexibility index (Phi) is 6.11. The lowest BCUT2D eigenvalue weighted by atomic mass is 10.1. The van der Waals surface area contributed by atoms with Gasteiger partial charge in [0.15, 0.2) is 0 Å². The fourth-order valence-corrected chi connectivity index (χ4v) is 2.69. The highest BCUT2D eigenvalue weighted by Gasteiger charge is 2.42. The van der Waals surface area contributed by atoms with E-state index in [4.69, 9.17) is 9.47 Å². The topological polar surface area (TPSA) is 18.5 Å². The fourth-order valence-electron chi connectivity index (χ4n) is 2.38. The van der Waals surface area contributed by atoms with E-state index in [0.717, 1.165) is 19.3 Å². The molecule has 4 heteroatoms. The zero-order valence-electron chi connectivity index (χ0n) is 10.9. The van der Waals surface area contributed by atoms with Crippen LogP contribution in [0.4, 0.5) is 0 Å². The van der Waals surface area contributed by atoms with Gasteiger partial charge in [-0.2, -0.15) is 0 Å². The average molecular weight is 390 g/mol. The van der Waals surface area contributed by atoms with Crippen molar-refractivity contribution in [1.82, 2.24) is 0 Å². The van der Waals surface area contributed by atoms with Crippen LogP contribution in [0.2, 0.25) is 0 Å². The van der Waals surface area contributed by atoms with Gasteiger partial charge >= 0.3 is 0 Å². The molecule has 0 radical (unpaired) electrons. The quantitative estimate of drug-likeness (QED) is 0.516. The molecule has 0 unspecified atom stereocenters. The predicted octanol–water partition coefficient (Wildman–Crippen LogP) is 4.61. The van der Waals surface area contributed by atoms with E-state index >= 15 is 0 Å². The third-order valence-electron chi connectivity index (χ3n) is 3.33. The molecule has 0 aromatic heterocycles. The number of rotatable bonds is 4. The van der Waals surface area contributed by atoms with Crippen LogP contribution in [-0.2, 0) is 9.47 Å². The maximum atomic E-state index is 5.98. The molecule has 4 atom stereocenters. The first-order valence-corrected chi connectivity index (χ1v) is 8.29. The predicted molar refractivity (Wildman–Crippen MR) is 84.6 cm³/mol. The summed E-state index contributed by atoms with van der Waals surface area (Å²) in [6, 6.07) is 0. The van der Waals surface area contributed by atoms with E-state index in [1.165, 1.54) is 4.48 Å². The highest BCUT2D eigenvalue weighted by Crippen LogP contribution is 2.34. The van der Waals surface area contributed by atoms with Crippen molar-refractivity contribution in [2.75, 3.05) is 0 Å². The van der Waals surface area contributed by atoms with Crippen molar-refractivity contribution in [3.8, 4) is 0 Å². The van der Waals surface area contributed by atoms with Gasteiger partial charge in [0.05, 0.1) is 24.4 Å². The second-order valence-corrected chi connectivity index (χ2v) is 6.17. The summed E-state index contributed by atoms with van der Waals surface area (Å²) >= 11 is 6.69. The molecule has 0 N–H and O–H groups in total. The van der Waals surface area contributed by atoms with Crippen LogP contribution in [0.3, 0.4) is 0 Å². The summed E-state index contributed by atoms with van der Waals surface area (Å²) in [5.74, 6) is 0. The van der Waals surface area contributed by atoms with Crippen LogP contribution in [0.15, 0.2) is 39.5 Å². The summed E-state index contributed by atoms with van der Waals surface area (Å²) in [7, 11) is 0. The van der Waals surface area contributed by atoms with Crippen LogP contribution < -0.4 is 0 Å². The number of ether oxygens (including phenoxy) is 2. The molecule has 2 heterocycles. The van der Waals surface area contributed by atoms with E-state index in [2.05, 4.69) is 62.7 Å². The van der Waals surface area contributed by atoms with Crippen molar-refractivity contribution < 1.29 is 9.47 Å². The highest BCUT2D eigenvalue weighted by molar-refractivity contribution is 9.11. The molecule has 2 aliphatic rings. The largest absolute Gasteiger partial charge is 0.368 e. The van der Waals surface area contributed by atoms with E-state index in [9.17, 15) is 0 Å². The molecule has 0 bridgehead atoms. The number of halogens is 2. The Morgan fingerprint density at radius 2 is 1.95 bits per heavy atom. The molecule has 2 nitrogen and oxygen atoms in total. The van der Waals surface area contributed by atoms with Crippen LogP contribution in [0.5, 0.6) is 0 Å². The van der Waals surface area contributed by atoms with Crippen LogP contribution in [0.25, 0.3) is 0 Å². The minimum absolute atomic E-state index is 0.142. The Balaban J connectivity index is 1.83. The Morgan fingerprint density at radius 1 is 1.26 bits per heavy atom. The molecule has 0 aliphatic carbocycles. The van der Waals surface area contributed by atoms with Crippen LogP contribution in [0.1, 0.15) is 26.2 Å². The van der Waals surface area contributed by atoms with E-state index in [1.54, 1.807) is 4.99 Å². The van der Waals surface area contributed by atoms with Gasteiger partial charge in [-0.25, -0.2) is 0 Å². The van der Waals surface area contributed by atoms with Crippen molar-refractivity contribution >= 4 is 31.9 Å². The first-order valence-electron chi connectivity index (χ1n) is 6.58. The lowest BCUT2D eigenvalue weighted by molar-refractivity contribution is 0.0498. The summed E-state index contributed by atoms with van der Waals surface area (Å²) < 4.78 is 13.1. The van der Waals surface area contributed by atoms with Crippen molar-refractivity contribution in [2.45, 2.75) is 50.6 Å². The van der Waals surface area contributed by atoms with Gasteiger partial charge < -0.3 is 9.47 Å². The molecular weight excluding hydrogens is 372 g/mol. The molecule has 2 aliphatic heterocycles. The molecule has 0 aromatic rings. The Hall–Kier alpha value is -0.120. The summed E-state index contributed by atoms with van der Waals surface area (Å²) in [4.78, 5) is 1.72. The third-order valence-corrected chi connectivity index (χ3v) is 4.42. The Labute approximate surface area is 131 Å². The summed E-state index contributed by atoms with van der Waals surface area (Å²) in [5.41, 5.74) is 3.00. The summed E-state index contributed by atoms with van der Waals surface area (Å²) in [6.45, 7) is 2.12. The summed E-state index contributed by atoms with van der Waals surface area (Å²) in [6.07, 6.45) is 11.9. The SMILES string of the molecule is CC/C(Br)=C\C=C\[C@H]1C[C@@H]2O[C@@H](C=C=CBr)C[C@@H]2O1. The van der Waals surface area contributed by atoms with E-state index in [0.29, 0.717) is 0 Å². The van der Waals surface area contributed by atoms with Crippen LogP contribution in [0, 0.1) is 0 Å². The van der Waals surface area contributed by atoms with Gasteiger partial charge in [-0.15, -0.1) is 5.73 Å². The molecule has 0 saturated carbocycles. The first kappa shape index (κ1) is 15.3. The Bertz CT molecular complexity index is 408. The van der Waals surface area contributed by atoms with Crippen molar-refractivity contribution in [2.24, 2.45) is 0 Å². The molecule has 2 fully saturated rings. The van der Waals surface area contributed by atoms with Crippen LogP contribution in [-0.4, -0.2) is 24.4 Å². The molecule has 2 rings (SSSR count). The molecule has 0 amide bonds. The van der Waals surface area contributed by atoms with Gasteiger partial charge in [-0.1, -0.05) is 57.0 Å². The number of fused-ring (bicyclic) bond motifs is 1. The Morgan fingerprint density at radius 3 is 2.63 bits per heavy atom. The van der Waals surface area contributed by atoms with E-state index in [1.807, 2.05) is 6.08 Å². The van der Waals surface area contributed by atoms with E-state index < -0.39 is 0 Å². The standard InChI is InChI=1S/C15H18Br2O2/c1-2-11(17)5-3-6-12-9-14-15(18-12)10-13(19-14)7-4-8-16/h3,5-8,12-15H,2,9-10H2,1H3/b6-3+,11-5+/t4?,12-,13-,14-,15-/m0/s1. The molecule has 19 heavy (non-hydrogen) atoms. The maximum absolute atomic E-state index is 5.98. The lowest BCUT2D eigenvalue weighted by Crippen LogP contribution is -2.13. The molecule has 0 aromatic carbocycles. The molecule has 2 saturated heterocycles. The fraction of sp³-hybridized carbons (Fsp3) is 0.533. The van der Waals surface area contributed by atoms with Crippen molar-refractivity contribution in [3.63, 3.8) is 0 Å². The highest BCUT2D eigenvalue weighted by atomic mass is 79.9. The van der Waals surface area contributed by atoms with Crippen LogP contribution >= 0.6 is 31.9 Å². The normalized spacial score (nSPS) is 34.4. The monoisotopic (exact) mass is 388 g/mol. The van der Waals surface area contributed by atoms with Crippen molar-refractivity contribution in [3.05, 3.63) is 39.5 Å². The average Bonchev–Trinajstić information content (AvgIpc) is 2.93. The smallest absolute Gasteiger partial charge is 0.0874 e. The van der Waals surface area contributed by atoms with Gasteiger partial charge in [0.25, 0.3) is 0 Å². The molecule has 104 valence electrons. The molecular formula is C15H18Br2O2. The lowest BCUT2D eigenvalue weighted by Gasteiger charge is -2.09. The summed E-state index contributed by atoms with van der Waals surface area (Å²) in [5, 5.41) is 0. The third kappa shape index (κ3) is 4.44. The maximum Gasteiger partial charge on any atom is 0.0874 e. The van der Waals surface area contributed by atoms with Gasteiger partial charge in [-0.05, 0) is 17.0 Å². The number of hydrogen-bond donors (Lipinski definition) is 0. The van der Waals surface area contributed by atoms with Gasteiger partial charge in [0.2, 0.25) is 0 Å². The van der Waals surface area contributed by atoms with Crippen molar-refractivity contribution in [1.29, 1.82) is 0 Å².